The van der Waals surface area contributed by atoms with E-state index in [1.165, 1.54) is 13.4 Å². The molecule has 0 atom stereocenters. The lowest BCUT2D eigenvalue weighted by atomic mass is 10.1. The fourth-order valence-electron chi connectivity index (χ4n) is 1.91. The largest absolute Gasteiger partial charge is 0.465 e. The zero-order chi connectivity index (χ0) is 14.5. The van der Waals surface area contributed by atoms with Gasteiger partial charge in [0.15, 0.2) is 0 Å². The van der Waals surface area contributed by atoms with E-state index in [9.17, 15) is 4.79 Å². The van der Waals surface area contributed by atoms with Crippen molar-refractivity contribution in [2.75, 3.05) is 14.2 Å². The molecule has 1 aromatic carbocycles. The highest BCUT2D eigenvalue weighted by atomic mass is 79.9. The molecule has 6 nitrogen and oxygen atoms in total. The van der Waals surface area contributed by atoms with Crippen LogP contribution in [0.15, 0.2) is 29.0 Å². The number of rotatable bonds is 5. The molecule has 0 saturated carbocycles. The number of H-pyrrole nitrogens is 1. The summed E-state index contributed by atoms with van der Waals surface area (Å²) in [5.74, 6) is 0.447. The Morgan fingerprint density at radius 1 is 1.45 bits per heavy atom. The maximum atomic E-state index is 11.8. The molecule has 0 bridgehead atoms. The van der Waals surface area contributed by atoms with Gasteiger partial charge >= 0.3 is 5.97 Å². The molecule has 0 radical (unpaired) electrons. The van der Waals surface area contributed by atoms with Crippen LogP contribution >= 0.6 is 15.9 Å². The second-order valence-electron chi connectivity index (χ2n) is 4.40. The number of hydrogen-bond donors (Lipinski definition) is 1. The van der Waals surface area contributed by atoms with E-state index in [2.05, 4.69) is 31.1 Å². The predicted molar refractivity (Wildman–Crippen MR) is 77.0 cm³/mol. The monoisotopic (exact) mass is 338 g/mol. The summed E-state index contributed by atoms with van der Waals surface area (Å²) in [7, 11) is 3.33. The number of ether oxygens (including phenoxy) is 1. The molecule has 0 fully saturated rings. The molecule has 2 aromatic rings. The minimum absolute atomic E-state index is 0.333. The van der Waals surface area contributed by atoms with Crippen LogP contribution in [0.5, 0.6) is 0 Å². The third kappa shape index (κ3) is 3.64. The van der Waals surface area contributed by atoms with Crippen LogP contribution in [0.3, 0.4) is 0 Å². The Morgan fingerprint density at radius 2 is 2.25 bits per heavy atom. The first-order valence-corrected chi connectivity index (χ1v) is 6.79. The van der Waals surface area contributed by atoms with Gasteiger partial charge < -0.3 is 4.74 Å². The minimum atomic E-state index is -0.333. The van der Waals surface area contributed by atoms with Crippen LogP contribution in [-0.4, -0.2) is 40.2 Å². The number of aromatic nitrogens is 3. The molecule has 0 spiro atoms. The van der Waals surface area contributed by atoms with E-state index in [1.54, 1.807) is 6.07 Å². The van der Waals surface area contributed by atoms with E-state index in [0.29, 0.717) is 18.7 Å². The highest BCUT2D eigenvalue weighted by Crippen LogP contribution is 2.19. The van der Waals surface area contributed by atoms with Crippen molar-refractivity contribution in [3.8, 4) is 0 Å². The Morgan fingerprint density at radius 3 is 2.90 bits per heavy atom. The number of carbonyl (C=O) groups is 1. The predicted octanol–water partition coefficient (Wildman–Crippen LogP) is 1.99. The molecule has 1 heterocycles. The van der Waals surface area contributed by atoms with Gasteiger partial charge in [0.25, 0.3) is 0 Å². The number of methoxy groups -OCH3 is 1. The van der Waals surface area contributed by atoms with Gasteiger partial charge in [0, 0.05) is 11.0 Å². The number of nitrogens with one attached hydrogen (secondary N) is 1. The van der Waals surface area contributed by atoms with Gasteiger partial charge in [-0.3, -0.25) is 10.00 Å². The van der Waals surface area contributed by atoms with E-state index < -0.39 is 0 Å². The molecule has 106 valence electrons. The highest BCUT2D eigenvalue weighted by Gasteiger charge is 2.14. The van der Waals surface area contributed by atoms with Crippen LogP contribution in [0.4, 0.5) is 0 Å². The van der Waals surface area contributed by atoms with Crippen molar-refractivity contribution in [1.29, 1.82) is 0 Å². The average Bonchev–Trinajstić information content (AvgIpc) is 2.90. The van der Waals surface area contributed by atoms with Gasteiger partial charge in [-0.2, -0.15) is 5.10 Å². The van der Waals surface area contributed by atoms with Crippen molar-refractivity contribution in [3.05, 3.63) is 46.0 Å². The Balaban J connectivity index is 2.15. The summed E-state index contributed by atoms with van der Waals surface area (Å²) in [5, 5.41) is 6.62. The minimum Gasteiger partial charge on any atom is -0.465 e. The van der Waals surface area contributed by atoms with E-state index >= 15 is 0 Å². The number of esters is 1. The Hall–Kier alpha value is -1.73. The summed E-state index contributed by atoms with van der Waals surface area (Å²) in [6, 6.07) is 5.50. The zero-order valence-corrected chi connectivity index (χ0v) is 12.8. The maximum absolute atomic E-state index is 11.8. The van der Waals surface area contributed by atoms with Gasteiger partial charge in [0.2, 0.25) is 0 Å². The summed E-state index contributed by atoms with van der Waals surface area (Å²) < 4.78 is 5.73. The standard InChI is InChI=1S/C13H15BrN4O2/c1-18(7-12-15-8-16-17-12)6-9-5-10(14)3-4-11(9)13(19)20-2/h3-5,8H,6-7H2,1-2H3,(H,15,16,17). The van der Waals surface area contributed by atoms with Crippen molar-refractivity contribution < 1.29 is 9.53 Å². The second-order valence-corrected chi connectivity index (χ2v) is 5.31. The summed E-state index contributed by atoms with van der Waals surface area (Å²) >= 11 is 3.42. The first kappa shape index (κ1) is 14.7. The molecule has 1 N–H and O–H groups in total. The highest BCUT2D eigenvalue weighted by molar-refractivity contribution is 9.10. The smallest absolute Gasteiger partial charge is 0.338 e. The van der Waals surface area contributed by atoms with Crippen molar-refractivity contribution in [2.24, 2.45) is 0 Å². The normalized spacial score (nSPS) is 10.8. The Bertz CT molecular complexity index is 586. The molecule has 0 aliphatic carbocycles. The molecule has 1 aromatic heterocycles. The summed E-state index contributed by atoms with van der Waals surface area (Å²) in [5.41, 5.74) is 1.47. The molecule has 7 heteroatoms. The molecule has 0 aliphatic rings. The third-order valence-electron chi connectivity index (χ3n) is 2.80. The Kier molecular flexibility index (Phi) is 4.86. The number of benzene rings is 1. The molecule has 2 rings (SSSR count). The summed E-state index contributed by atoms with van der Waals surface area (Å²) in [4.78, 5) is 17.9. The van der Waals surface area contributed by atoms with E-state index in [4.69, 9.17) is 4.74 Å². The van der Waals surface area contributed by atoms with Crippen LogP contribution in [-0.2, 0) is 17.8 Å². The van der Waals surface area contributed by atoms with Crippen LogP contribution < -0.4 is 0 Å². The zero-order valence-electron chi connectivity index (χ0n) is 11.3. The summed E-state index contributed by atoms with van der Waals surface area (Å²) in [6.07, 6.45) is 1.47. The number of nitrogens with zero attached hydrogens (tertiary/aromatic N) is 3. The molecule has 0 saturated heterocycles. The van der Waals surface area contributed by atoms with Crippen LogP contribution in [0.1, 0.15) is 21.7 Å². The molecule has 0 amide bonds. The fourth-order valence-corrected chi connectivity index (χ4v) is 2.32. The number of halogens is 1. The van der Waals surface area contributed by atoms with Crippen LogP contribution in [0, 0.1) is 0 Å². The van der Waals surface area contributed by atoms with Gasteiger partial charge in [-0.1, -0.05) is 15.9 Å². The lowest BCUT2D eigenvalue weighted by molar-refractivity contribution is 0.0598. The molecule has 0 unspecified atom stereocenters. The van der Waals surface area contributed by atoms with E-state index in [0.717, 1.165) is 15.9 Å². The van der Waals surface area contributed by atoms with Gasteiger partial charge in [0.05, 0.1) is 19.2 Å². The first-order valence-electron chi connectivity index (χ1n) is 5.99. The van der Waals surface area contributed by atoms with E-state index in [1.807, 2.05) is 24.1 Å². The Labute approximate surface area is 125 Å². The van der Waals surface area contributed by atoms with Gasteiger partial charge in [-0.15, -0.1) is 0 Å². The molecule has 20 heavy (non-hydrogen) atoms. The van der Waals surface area contributed by atoms with Crippen molar-refractivity contribution in [2.45, 2.75) is 13.1 Å². The van der Waals surface area contributed by atoms with Gasteiger partial charge in [-0.05, 0) is 30.8 Å². The number of carbonyl (C=O) groups excluding carboxylic acids is 1. The fraction of sp³-hybridized carbons (Fsp3) is 0.308. The van der Waals surface area contributed by atoms with Gasteiger partial charge in [0.1, 0.15) is 12.2 Å². The number of aromatic amines is 1. The number of hydrogen-bond acceptors (Lipinski definition) is 5. The third-order valence-corrected chi connectivity index (χ3v) is 3.29. The maximum Gasteiger partial charge on any atom is 0.338 e. The van der Waals surface area contributed by atoms with Crippen LogP contribution in [0.2, 0.25) is 0 Å². The van der Waals surface area contributed by atoms with Gasteiger partial charge in [-0.25, -0.2) is 9.78 Å². The van der Waals surface area contributed by atoms with Crippen molar-refractivity contribution >= 4 is 21.9 Å². The average molecular weight is 339 g/mol. The molecular formula is C13H15BrN4O2. The SMILES string of the molecule is COC(=O)c1ccc(Br)cc1CN(C)Cc1ncn[nH]1. The molecular weight excluding hydrogens is 324 g/mol. The van der Waals surface area contributed by atoms with E-state index in [-0.39, 0.29) is 5.97 Å². The van der Waals surface area contributed by atoms with Crippen molar-refractivity contribution in [1.82, 2.24) is 20.1 Å². The molecule has 0 aliphatic heterocycles. The summed E-state index contributed by atoms with van der Waals surface area (Å²) in [6.45, 7) is 1.22. The quantitative estimate of drug-likeness (QED) is 0.844. The van der Waals surface area contributed by atoms with Crippen molar-refractivity contribution in [3.63, 3.8) is 0 Å². The topological polar surface area (TPSA) is 71.1 Å². The second kappa shape index (κ2) is 6.62. The lowest BCUT2D eigenvalue weighted by Crippen LogP contribution is -2.20. The van der Waals surface area contributed by atoms with Crippen LogP contribution in [0.25, 0.3) is 0 Å². The lowest BCUT2D eigenvalue weighted by Gasteiger charge is -2.17. The first-order chi connectivity index (χ1) is 9.60.